The quantitative estimate of drug-likeness (QED) is 0.464. The van der Waals surface area contributed by atoms with Gasteiger partial charge in [-0.25, -0.2) is 0 Å². The third-order valence-electron chi connectivity index (χ3n) is 0. The summed E-state index contributed by atoms with van der Waals surface area (Å²) in [7, 11) is 4.64. The maximum atomic E-state index is 8.38. The Balaban J connectivity index is 0. The Labute approximate surface area is 50.6 Å². The Hall–Kier alpha value is 1.44. The van der Waals surface area contributed by atoms with Gasteiger partial charge in [-0.3, -0.25) is 0 Å². The Morgan fingerprint density at radius 3 is 1.50 bits per heavy atom. The normalized spacial score (nSPS) is 1.75. The van der Waals surface area contributed by atoms with Gasteiger partial charge in [-0.15, -0.1) is 0 Å². The first-order chi connectivity index (χ1) is 2.00. The molecule has 0 atom stereocenters. The van der Waals surface area contributed by atoms with Crippen LogP contribution in [0.1, 0.15) is 0 Å². The molecule has 0 rings (SSSR count). The summed E-state index contributed by atoms with van der Waals surface area (Å²) in [5, 5.41) is 0. The summed E-state index contributed by atoms with van der Waals surface area (Å²) in [5.74, 6) is 0. The third kappa shape index (κ3) is 9.87. The van der Waals surface area contributed by atoms with E-state index in [4.69, 9.17) is 3.54 Å². The Kier molecular flexibility index (Phi) is 57.4. The predicted molar refractivity (Wildman–Crippen MR) is 13.7 cm³/mol. The topological polar surface area (TPSA) is 17.1 Å². The van der Waals surface area contributed by atoms with Crippen molar-refractivity contribution >= 4 is 27.9 Å². The molecule has 0 aromatic rings. The summed E-state index contributed by atoms with van der Waals surface area (Å²) in [6.45, 7) is 0. The van der Waals surface area contributed by atoms with Crippen molar-refractivity contribution in [2.75, 3.05) is 0 Å². The molecule has 0 aromatic heterocycles. The van der Waals surface area contributed by atoms with E-state index in [1.54, 1.807) is 0 Å². The molecule has 0 aliphatic rings. The first-order valence-corrected chi connectivity index (χ1v) is 3.84. The average molecular weight is 170 g/mol. The van der Waals surface area contributed by atoms with Crippen molar-refractivity contribution in [3.63, 3.8) is 0 Å². The summed E-state index contributed by atoms with van der Waals surface area (Å²) in [5.41, 5.74) is 0. The van der Waals surface area contributed by atoms with Crippen molar-refractivity contribution in [1.82, 2.24) is 0 Å². The van der Waals surface area contributed by atoms with E-state index in [-0.39, 0.29) is 18.6 Å². The molecule has 0 unspecified atom stereocenters. The van der Waals surface area contributed by atoms with E-state index < -0.39 is 0 Å². The molecule has 21 valence electrons. The van der Waals surface area contributed by atoms with Crippen molar-refractivity contribution in [2.24, 2.45) is 0 Å². The van der Waals surface area contributed by atoms with Crippen LogP contribution in [0, 0.1) is 0 Å². The second-order valence-electron chi connectivity index (χ2n) is 0. The van der Waals surface area contributed by atoms with Gasteiger partial charge in [0.05, 0.1) is 0 Å². The summed E-state index contributed by atoms with van der Waals surface area (Å²) < 4.78 is 8.38. The number of halogens is 1. The molecule has 1 nitrogen and oxygen atoms in total. The van der Waals surface area contributed by atoms with E-state index in [0.717, 1.165) is 0 Å². The number of hydrogen-bond donors (Lipinski definition) is 0. The summed E-state index contributed by atoms with van der Waals surface area (Å²) in [6.07, 6.45) is 0. The van der Waals surface area contributed by atoms with Crippen LogP contribution in [-0.2, 0) is 22.9 Å². The fourth-order valence-corrected chi connectivity index (χ4v) is 0. The maximum absolute atomic E-state index is 8.38. The first kappa shape index (κ1) is 9.06. The minimum absolute atomic E-state index is 0.125. The SMILES string of the molecule is [Cl][Ti].[O]=[GaH]. The molecule has 0 fully saturated rings. The van der Waals surface area contributed by atoms with Crippen molar-refractivity contribution in [3.8, 4) is 0 Å². The molecule has 4 heteroatoms. The van der Waals surface area contributed by atoms with Crippen molar-refractivity contribution in [3.05, 3.63) is 0 Å². The monoisotopic (exact) mass is 169 g/mol. The first-order valence-electron chi connectivity index (χ1n) is 0.478. The molecule has 0 aromatic carbocycles. The molecule has 0 spiro atoms. The van der Waals surface area contributed by atoms with Crippen LogP contribution in [0.25, 0.3) is 0 Å². The van der Waals surface area contributed by atoms with Crippen LogP contribution in [0.2, 0.25) is 0 Å². The standard InChI is InChI=1S/ClH.Ga.O.Ti.H/h1H;;;;/q;;;+1;/p-1. The number of hydrogen-bond acceptors (Lipinski definition) is 1. The van der Waals surface area contributed by atoms with Crippen LogP contribution in [0.3, 0.4) is 0 Å². The molecule has 0 bridgehead atoms. The predicted octanol–water partition coefficient (Wildman–Crippen LogP) is -0.0803. The third-order valence-corrected chi connectivity index (χ3v) is 0. The molecule has 0 aliphatic heterocycles. The molecule has 0 saturated heterocycles. The van der Waals surface area contributed by atoms with Gasteiger partial charge in [0.15, 0.2) is 0 Å². The zero-order valence-electron chi connectivity index (χ0n) is 1.99. The molecule has 0 saturated carbocycles. The number of rotatable bonds is 0. The van der Waals surface area contributed by atoms with Gasteiger partial charge in [-0.05, 0) is 0 Å². The van der Waals surface area contributed by atoms with Crippen LogP contribution in [-0.4, -0.2) is 18.6 Å². The molecule has 0 N–H and O–H groups in total. The molecular formula is HClGaOTi. The van der Waals surface area contributed by atoms with E-state index in [1.807, 2.05) is 0 Å². The Bertz CT molecular complexity index is 8.00. The van der Waals surface area contributed by atoms with Crippen LogP contribution >= 0.6 is 9.30 Å². The van der Waals surface area contributed by atoms with E-state index >= 15 is 0 Å². The van der Waals surface area contributed by atoms with Gasteiger partial charge < -0.3 is 0 Å². The summed E-state index contributed by atoms with van der Waals surface area (Å²) >= 11 is 1.60. The van der Waals surface area contributed by atoms with Crippen molar-refractivity contribution < 1.29 is 22.9 Å². The summed E-state index contributed by atoms with van der Waals surface area (Å²) in [4.78, 5) is 0. The van der Waals surface area contributed by atoms with Crippen molar-refractivity contribution in [2.45, 2.75) is 0 Å². The molecule has 0 aliphatic carbocycles. The Morgan fingerprint density at radius 1 is 1.50 bits per heavy atom. The van der Waals surface area contributed by atoms with Crippen LogP contribution in [0.5, 0.6) is 0 Å². The van der Waals surface area contributed by atoms with Gasteiger partial charge >= 0.3 is 50.8 Å². The van der Waals surface area contributed by atoms with Crippen LogP contribution in [0.15, 0.2) is 0 Å². The average Bonchev–Trinajstić information content (AvgIpc) is 1.50. The second-order valence-corrected chi connectivity index (χ2v) is 0. The second kappa shape index (κ2) is 25.3. The zero-order valence-corrected chi connectivity index (χ0v) is 7.28. The molecule has 0 heterocycles. The molecule has 4 heavy (non-hydrogen) atoms. The van der Waals surface area contributed by atoms with E-state index in [2.05, 4.69) is 9.30 Å². The van der Waals surface area contributed by atoms with Crippen LogP contribution in [0.4, 0.5) is 0 Å². The summed E-state index contributed by atoms with van der Waals surface area (Å²) in [6, 6.07) is 0. The molecule has 0 amide bonds. The minimum atomic E-state index is 0.125. The van der Waals surface area contributed by atoms with Gasteiger partial charge in [-0.2, -0.15) is 0 Å². The zero-order chi connectivity index (χ0) is 4.00. The Morgan fingerprint density at radius 2 is 1.50 bits per heavy atom. The van der Waals surface area contributed by atoms with Crippen LogP contribution < -0.4 is 0 Å². The molecule has 0 radical (unpaired) electrons. The fraction of sp³-hybridized carbons (Fsp3) is 0. The van der Waals surface area contributed by atoms with E-state index in [0.29, 0.717) is 0 Å². The molecular weight excluding hydrogens is 169 g/mol. The van der Waals surface area contributed by atoms with Gasteiger partial charge in [0.1, 0.15) is 0 Å². The van der Waals surface area contributed by atoms with Gasteiger partial charge in [-0.1, -0.05) is 0 Å². The van der Waals surface area contributed by atoms with E-state index in [1.165, 1.54) is 19.4 Å². The fourth-order valence-electron chi connectivity index (χ4n) is 0. The van der Waals surface area contributed by atoms with Gasteiger partial charge in [0, 0.05) is 0 Å². The van der Waals surface area contributed by atoms with E-state index in [9.17, 15) is 0 Å². The van der Waals surface area contributed by atoms with Gasteiger partial charge in [0.2, 0.25) is 0 Å². The van der Waals surface area contributed by atoms with Gasteiger partial charge in [0.25, 0.3) is 0 Å². The van der Waals surface area contributed by atoms with Crippen molar-refractivity contribution in [1.29, 1.82) is 0 Å².